The molecule has 0 radical (unpaired) electrons. The monoisotopic (exact) mass is 312 g/mol. The van der Waals surface area contributed by atoms with Crippen LogP contribution in [0.25, 0.3) is 0 Å². The highest BCUT2D eigenvalue weighted by Crippen LogP contribution is 2.22. The van der Waals surface area contributed by atoms with Crippen molar-refractivity contribution in [2.75, 3.05) is 20.2 Å². The minimum atomic E-state index is 0. The molecule has 0 bridgehead atoms. The van der Waals surface area contributed by atoms with E-state index in [4.69, 9.17) is 10.5 Å². The summed E-state index contributed by atoms with van der Waals surface area (Å²) in [5.41, 5.74) is 8.71. The normalized spacial score (nSPS) is 23.1. The largest absolute Gasteiger partial charge is 0.381 e. The Morgan fingerprint density at radius 2 is 1.95 bits per heavy atom. The molecule has 2 unspecified atom stereocenters. The summed E-state index contributed by atoms with van der Waals surface area (Å²) < 4.78 is 5.48. The first-order valence-corrected chi connectivity index (χ1v) is 7.69. The lowest BCUT2D eigenvalue weighted by Crippen LogP contribution is -2.47. The van der Waals surface area contributed by atoms with E-state index in [1.807, 2.05) is 0 Å². The molecule has 120 valence electrons. The van der Waals surface area contributed by atoms with Gasteiger partial charge in [-0.25, -0.2) is 0 Å². The molecular formula is C17H29ClN2O. The van der Waals surface area contributed by atoms with Gasteiger partial charge in [-0.1, -0.05) is 38.1 Å². The Balaban J connectivity index is 0.00000220. The Kier molecular flexibility index (Phi) is 7.67. The van der Waals surface area contributed by atoms with Crippen molar-refractivity contribution in [3.8, 4) is 0 Å². The summed E-state index contributed by atoms with van der Waals surface area (Å²) in [4.78, 5) is 2.50. The van der Waals surface area contributed by atoms with Crippen molar-refractivity contribution in [3.63, 3.8) is 0 Å². The average molecular weight is 313 g/mol. The summed E-state index contributed by atoms with van der Waals surface area (Å²) in [5, 5.41) is 0. The third-order valence-electron chi connectivity index (χ3n) is 4.43. The lowest BCUT2D eigenvalue weighted by molar-refractivity contribution is 0.0102. The molecule has 0 amide bonds. The van der Waals surface area contributed by atoms with Crippen LogP contribution in [0, 0.1) is 0 Å². The molecule has 2 N–H and O–H groups in total. The number of likely N-dealkylation sites (tertiary alicyclic amines) is 1. The average Bonchev–Trinajstić information content (AvgIpc) is 2.48. The van der Waals surface area contributed by atoms with Crippen LogP contribution < -0.4 is 5.73 Å². The number of hydrogen-bond acceptors (Lipinski definition) is 3. The Bertz CT molecular complexity index is 408. The van der Waals surface area contributed by atoms with Gasteiger partial charge in [0.1, 0.15) is 0 Å². The van der Waals surface area contributed by atoms with Gasteiger partial charge < -0.3 is 10.5 Å². The number of methoxy groups -OCH3 is 1. The first kappa shape index (κ1) is 18.4. The Morgan fingerprint density at radius 3 is 2.48 bits per heavy atom. The topological polar surface area (TPSA) is 38.5 Å². The van der Waals surface area contributed by atoms with Crippen molar-refractivity contribution in [2.45, 2.75) is 51.3 Å². The summed E-state index contributed by atoms with van der Waals surface area (Å²) >= 11 is 0. The molecule has 4 heteroatoms. The second-order valence-electron chi connectivity index (χ2n) is 6.14. The maximum Gasteiger partial charge on any atom is 0.0599 e. The predicted octanol–water partition coefficient (Wildman–Crippen LogP) is 3.17. The van der Waals surface area contributed by atoms with Crippen LogP contribution in [0.3, 0.4) is 0 Å². The number of nitrogens with zero attached hydrogens (tertiary/aromatic N) is 1. The van der Waals surface area contributed by atoms with Crippen molar-refractivity contribution in [1.29, 1.82) is 0 Å². The highest BCUT2D eigenvalue weighted by atomic mass is 35.5. The number of hydrogen-bond donors (Lipinski definition) is 1. The van der Waals surface area contributed by atoms with Gasteiger partial charge in [0.15, 0.2) is 0 Å². The van der Waals surface area contributed by atoms with E-state index in [1.165, 1.54) is 11.1 Å². The van der Waals surface area contributed by atoms with Gasteiger partial charge in [-0.3, -0.25) is 4.90 Å². The number of benzene rings is 1. The molecule has 0 aromatic heterocycles. The fourth-order valence-corrected chi connectivity index (χ4v) is 2.97. The highest BCUT2D eigenvalue weighted by Gasteiger charge is 2.27. The minimum absolute atomic E-state index is 0. The van der Waals surface area contributed by atoms with Gasteiger partial charge in [-0.05, 0) is 29.9 Å². The fraction of sp³-hybridized carbons (Fsp3) is 0.647. The number of nitrogens with two attached hydrogens (primary N) is 1. The zero-order valence-electron chi connectivity index (χ0n) is 13.4. The van der Waals surface area contributed by atoms with Crippen LogP contribution in [-0.4, -0.2) is 37.2 Å². The molecule has 0 aliphatic carbocycles. The molecule has 1 aliphatic heterocycles. The summed E-state index contributed by atoms with van der Waals surface area (Å²) in [6.07, 6.45) is 2.54. The number of ether oxygens (including phenoxy) is 1. The Hall–Kier alpha value is -0.610. The van der Waals surface area contributed by atoms with Crippen molar-refractivity contribution in [1.82, 2.24) is 4.90 Å². The molecule has 1 aliphatic rings. The first-order chi connectivity index (χ1) is 9.63. The van der Waals surface area contributed by atoms with Crippen LogP contribution in [0.5, 0.6) is 0 Å². The van der Waals surface area contributed by atoms with Gasteiger partial charge in [0.2, 0.25) is 0 Å². The molecule has 1 saturated heterocycles. The van der Waals surface area contributed by atoms with Crippen LogP contribution in [-0.2, 0) is 11.3 Å². The predicted molar refractivity (Wildman–Crippen MR) is 91.1 cm³/mol. The summed E-state index contributed by atoms with van der Waals surface area (Å²) in [7, 11) is 1.80. The minimum Gasteiger partial charge on any atom is -0.381 e. The summed E-state index contributed by atoms with van der Waals surface area (Å²) in [5.74, 6) is 0.596. The maximum absolute atomic E-state index is 5.93. The Labute approximate surface area is 135 Å². The molecule has 0 spiro atoms. The molecule has 2 atom stereocenters. The smallest absolute Gasteiger partial charge is 0.0599 e. The van der Waals surface area contributed by atoms with E-state index < -0.39 is 0 Å². The number of piperidine rings is 1. The standard InChI is InChI=1S/C17H28N2O.ClH/c1-13(2)15-6-4-14(5-7-15)12-19-9-8-17(20-3)10-16(19)11-18;/h4-7,13,16-17H,8-12,18H2,1-3H3;1H. The van der Waals surface area contributed by atoms with Gasteiger partial charge in [0.05, 0.1) is 6.10 Å². The SMILES string of the molecule is COC1CCN(Cc2ccc(C(C)C)cc2)C(CN)C1.Cl. The van der Waals surface area contributed by atoms with Gasteiger partial charge in [-0.2, -0.15) is 0 Å². The molecule has 1 aromatic rings. The van der Waals surface area contributed by atoms with Crippen LogP contribution in [0.4, 0.5) is 0 Å². The third-order valence-corrected chi connectivity index (χ3v) is 4.43. The second-order valence-corrected chi connectivity index (χ2v) is 6.14. The van der Waals surface area contributed by atoms with Gasteiger partial charge >= 0.3 is 0 Å². The van der Waals surface area contributed by atoms with E-state index in [-0.39, 0.29) is 12.4 Å². The zero-order valence-corrected chi connectivity index (χ0v) is 14.2. The maximum atomic E-state index is 5.93. The molecule has 1 fully saturated rings. The van der Waals surface area contributed by atoms with Crippen LogP contribution in [0.2, 0.25) is 0 Å². The van der Waals surface area contributed by atoms with Gasteiger partial charge in [0, 0.05) is 32.8 Å². The molecule has 21 heavy (non-hydrogen) atoms. The third kappa shape index (κ3) is 4.96. The van der Waals surface area contributed by atoms with Gasteiger partial charge in [0.25, 0.3) is 0 Å². The molecule has 0 saturated carbocycles. The van der Waals surface area contributed by atoms with Gasteiger partial charge in [-0.15, -0.1) is 12.4 Å². The zero-order chi connectivity index (χ0) is 14.5. The van der Waals surface area contributed by atoms with Crippen molar-refractivity contribution in [3.05, 3.63) is 35.4 Å². The van der Waals surface area contributed by atoms with Crippen LogP contribution >= 0.6 is 12.4 Å². The second kappa shape index (κ2) is 8.74. The summed E-state index contributed by atoms with van der Waals surface area (Å²) in [6, 6.07) is 9.45. The van der Waals surface area contributed by atoms with E-state index in [1.54, 1.807) is 7.11 Å². The molecule has 2 rings (SSSR count). The van der Waals surface area contributed by atoms with E-state index in [0.717, 1.165) is 25.9 Å². The summed E-state index contributed by atoms with van der Waals surface area (Å²) in [6.45, 7) is 7.25. The van der Waals surface area contributed by atoms with Crippen molar-refractivity contribution >= 4 is 12.4 Å². The van der Waals surface area contributed by atoms with Crippen molar-refractivity contribution < 1.29 is 4.74 Å². The van der Waals surface area contributed by atoms with Crippen LogP contribution in [0.15, 0.2) is 24.3 Å². The van der Waals surface area contributed by atoms with E-state index in [2.05, 4.69) is 43.0 Å². The highest BCUT2D eigenvalue weighted by molar-refractivity contribution is 5.85. The molecular weight excluding hydrogens is 284 g/mol. The molecule has 1 heterocycles. The van der Waals surface area contributed by atoms with E-state index >= 15 is 0 Å². The fourth-order valence-electron chi connectivity index (χ4n) is 2.97. The van der Waals surface area contributed by atoms with E-state index in [0.29, 0.717) is 24.6 Å². The first-order valence-electron chi connectivity index (χ1n) is 7.69. The Morgan fingerprint density at radius 1 is 1.29 bits per heavy atom. The number of rotatable bonds is 5. The molecule has 3 nitrogen and oxygen atoms in total. The molecule has 1 aromatic carbocycles. The number of halogens is 1. The van der Waals surface area contributed by atoms with E-state index in [9.17, 15) is 0 Å². The quantitative estimate of drug-likeness (QED) is 0.907. The lowest BCUT2D eigenvalue weighted by atomic mass is 9.97. The van der Waals surface area contributed by atoms with Crippen molar-refractivity contribution in [2.24, 2.45) is 5.73 Å². The lowest BCUT2D eigenvalue weighted by Gasteiger charge is -2.38. The van der Waals surface area contributed by atoms with Crippen LogP contribution in [0.1, 0.15) is 43.7 Å².